The minimum atomic E-state index is 0.517. The third-order valence-corrected chi connectivity index (χ3v) is 3.38. The van der Waals surface area contributed by atoms with E-state index >= 15 is 0 Å². The van der Waals surface area contributed by atoms with Crippen molar-refractivity contribution in [3.05, 3.63) is 14.5 Å². The monoisotopic (exact) mass is 239 g/mol. The predicted molar refractivity (Wildman–Crippen MR) is 48.7 cm³/mol. The zero-order valence-corrected chi connectivity index (χ0v) is 8.68. The molecule has 0 amide bonds. The van der Waals surface area contributed by atoms with Crippen LogP contribution in [0.5, 0.6) is 0 Å². The summed E-state index contributed by atoms with van der Waals surface area (Å²) < 4.78 is 1.12. The van der Waals surface area contributed by atoms with Gasteiger partial charge in [0, 0.05) is 0 Å². The number of alkyl halides is 1. The molecule has 0 aliphatic heterocycles. The van der Waals surface area contributed by atoms with Gasteiger partial charge in [-0.2, -0.15) is 0 Å². The van der Waals surface area contributed by atoms with Crippen LogP contribution in [0.1, 0.15) is 17.6 Å². The van der Waals surface area contributed by atoms with Crippen molar-refractivity contribution in [3.63, 3.8) is 0 Å². The Kier molecular flexibility index (Phi) is 3.14. The fourth-order valence-corrected chi connectivity index (χ4v) is 2.53. The molecule has 0 saturated carbocycles. The second-order valence-corrected chi connectivity index (χ2v) is 4.48. The van der Waals surface area contributed by atoms with Gasteiger partial charge in [-0.25, -0.2) is 4.98 Å². The van der Waals surface area contributed by atoms with E-state index in [0.717, 1.165) is 20.9 Å². The molecule has 0 aliphatic rings. The van der Waals surface area contributed by atoms with Crippen LogP contribution in [-0.2, 0) is 12.3 Å². The number of hydrogen-bond donors (Lipinski definition) is 0. The van der Waals surface area contributed by atoms with E-state index in [1.165, 1.54) is 0 Å². The van der Waals surface area contributed by atoms with Crippen molar-refractivity contribution < 1.29 is 0 Å². The highest BCUT2D eigenvalue weighted by atomic mass is 79.9. The average Bonchev–Trinajstić information content (AvgIpc) is 2.30. The number of hydrogen-bond acceptors (Lipinski definition) is 2. The van der Waals surface area contributed by atoms with Gasteiger partial charge < -0.3 is 0 Å². The SMILES string of the molecule is CCc1nc(CCl)sc1Br. The lowest BCUT2D eigenvalue weighted by Crippen LogP contribution is -1.80. The largest absolute Gasteiger partial charge is 0.244 e. The Hall–Kier alpha value is 0.400. The summed E-state index contributed by atoms with van der Waals surface area (Å²) in [5.41, 5.74) is 1.11. The third-order valence-electron chi connectivity index (χ3n) is 1.14. The van der Waals surface area contributed by atoms with Crippen LogP contribution in [-0.4, -0.2) is 4.98 Å². The number of aromatic nitrogens is 1. The quantitative estimate of drug-likeness (QED) is 0.724. The van der Waals surface area contributed by atoms with E-state index in [1.54, 1.807) is 11.3 Å². The van der Waals surface area contributed by atoms with Gasteiger partial charge >= 0.3 is 0 Å². The highest BCUT2D eigenvalue weighted by molar-refractivity contribution is 9.11. The van der Waals surface area contributed by atoms with Crippen molar-refractivity contribution in [2.45, 2.75) is 19.2 Å². The maximum Gasteiger partial charge on any atom is 0.109 e. The minimum Gasteiger partial charge on any atom is -0.244 e. The summed E-state index contributed by atoms with van der Waals surface area (Å²) in [6.45, 7) is 2.08. The molecule has 0 radical (unpaired) electrons. The van der Waals surface area contributed by atoms with Gasteiger partial charge in [0.2, 0.25) is 0 Å². The van der Waals surface area contributed by atoms with Gasteiger partial charge in [0.25, 0.3) is 0 Å². The summed E-state index contributed by atoms with van der Waals surface area (Å²) >= 11 is 10.6. The first-order valence-corrected chi connectivity index (χ1v) is 5.12. The normalized spacial score (nSPS) is 10.3. The molecular formula is C6H7BrClNS. The molecule has 0 fully saturated rings. The Morgan fingerprint density at radius 3 is 2.70 bits per heavy atom. The second-order valence-electron chi connectivity index (χ2n) is 1.82. The first-order valence-electron chi connectivity index (χ1n) is 2.98. The number of nitrogens with zero attached hydrogens (tertiary/aromatic N) is 1. The highest BCUT2D eigenvalue weighted by Crippen LogP contribution is 2.25. The molecule has 0 saturated heterocycles. The fraction of sp³-hybridized carbons (Fsp3) is 0.500. The van der Waals surface area contributed by atoms with E-state index in [0.29, 0.717) is 5.88 Å². The summed E-state index contributed by atoms with van der Waals surface area (Å²) in [5, 5.41) is 0.991. The van der Waals surface area contributed by atoms with Crippen LogP contribution in [0.25, 0.3) is 0 Å². The first-order chi connectivity index (χ1) is 4.77. The molecule has 1 rings (SSSR count). The minimum absolute atomic E-state index is 0.517. The molecule has 1 nitrogen and oxygen atoms in total. The molecule has 1 aromatic heterocycles. The molecule has 1 aromatic rings. The Morgan fingerprint density at radius 2 is 2.40 bits per heavy atom. The first kappa shape index (κ1) is 8.50. The van der Waals surface area contributed by atoms with Gasteiger partial charge in [-0.1, -0.05) is 6.92 Å². The molecule has 0 bridgehead atoms. The summed E-state index contributed by atoms with van der Waals surface area (Å²) in [6, 6.07) is 0. The molecule has 0 aromatic carbocycles. The summed E-state index contributed by atoms with van der Waals surface area (Å²) in [6.07, 6.45) is 0.966. The maximum atomic E-state index is 5.60. The van der Waals surface area contributed by atoms with Gasteiger partial charge in [-0.05, 0) is 22.4 Å². The van der Waals surface area contributed by atoms with Crippen LogP contribution in [0, 0.1) is 0 Å². The zero-order valence-electron chi connectivity index (χ0n) is 5.53. The van der Waals surface area contributed by atoms with Crippen LogP contribution >= 0.6 is 38.9 Å². The van der Waals surface area contributed by atoms with Crippen LogP contribution < -0.4 is 0 Å². The molecule has 4 heteroatoms. The van der Waals surface area contributed by atoms with Crippen LogP contribution in [0.2, 0.25) is 0 Å². The van der Waals surface area contributed by atoms with Crippen molar-refractivity contribution in [2.24, 2.45) is 0 Å². The third kappa shape index (κ3) is 1.71. The van der Waals surface area contributed by atoms with Gasteiger partial charge in [0.15, 0.2) is 0 Å². The number of rotatable bonds is 2. The highest BCUT2D eigenvalue weighted by Gasteiger charge is 2.04. The lowest BCUT2D eigenvalue weighted by Gasteiger charge is -1.84. The molecule has 56 valence electrons. The van der Waals surface area contributed by atoms with Crippen LogP contribution in [0.3, 0.4) is 0 Å². The van der Waals surface area contributed by atoms with E-state index in [-0.39, 0.29) is 0 Å². The van der Waals surface area contributed by atoms with Gasteiger partial charge in [-0.15, -0.1) is 22.9 Å². The molecule has 0 unspecified atom stereocenters. The van der Waals surface area contributed by atoms with E-state index in [4.69, 9.17) is 11.6 Å². The van der Waals surface area contributed by atoms with E-state index in [9.17, 15) is 0 Å². The molecule has 0 atom stereocenters. The molecule has 0 spiro atoms. The van der Waals surface area contributed by atoms with Crippen molar-refractivity contribution in [2.75, 3.05) is 0 Å². The standard InChI is InChI=1S/C6H7BrClNS/c1-2-4-6(7)10-5(3-8)9-4/h2-3H2,1H3. The Labute approximate surface area is 77.6 Å². The van der Waals surface area contributed by atoms with Crippen LogP contribution in [0.15, 0.2) is 3.79 Å². The molecule has 10 heavy (non-hydrogen) atoms. The van der Waals surface area contributed by atoms with Gasteiger partial charge in [0.05, 0.1) is 15.4 Å². The second kappa shape index (κ2) is 3.69. The Morgan fingerprint density at radius 1 is 1.70 bits per heavy atom. The molecule has 0 aliphatic carbocycles. The lowest BCUT2D eigenvalue weighted by molar-refractivity contribution is 1.03. The van der Waals surface area contributed by atoms with E-state index in [1.807, 2.05) is 0 Å². The molecular weight excluding hydrogens is 233 g/mol. The van der Waals surface area contributed by atoms with Gasteiger partial charge in [-0.3, -0.25) is 0 Å². The summed E-state index contributed by atoms with van der Waals surface area (Å²) in [5.74, 6) is 0.517. The average molecular weight is 241 g/mol. The van der Waals surface area contributed by atoms with Crippen molar-refractivity contribution in [1.82, 2.24) is 4.98 Å². The number of aryl methyl sites for hydroxylation is 1. The van der Waals surface area contributed by atoms with E-state index in [2.05, 4.69) is 27.8 Å². The summed E-state index contributed by atoms with van der Waals surface area (Å²) in [7, 11) is 0. The zero-order chi connectivity index (χ0) is 7.56. The number of halogens is 2. The van der Waals surface area contributed by atoms with Crippen molar-refractivity contribution >= 4 is 38.9 Å². The van der Waals surface area contributed by atoms with E-state index < -0.39 is 0 Å². The fourth-order valence-electron chi connectivity index (χ4n) is 0.655. The Balaban J connectivity index is 2.92. The van der Waals surface area contributed by atoms with Crippen molar-refractivity contribution in [1.29, 1.82) is 0 Å². The predicted octanol–water partition coefficient (Wildman–Crippen LogP) is 3.21. The molecule has 0 N–H and O–H groups in total. The topological polar surface area (TPSA) is 12.9 Å². The Bertz CT molecular complexity index is 224. The lowest BCUT2D eigenvalue weighted by atomic mass is 10.4. The summed E-state index contributed by atoms with van der Waals surface area (Å²) in [4.78, 5) is 4.29. The number of thiazole rings is 1. The van der Waals surface area contributed by atoms with Crippen LogP contribution in [0.4, 0.5) is 0 Å². The smallest absolute Gasteiger partial charge is 0.109 e. The maximum absolute atomic E-state index is 5.60. The van der Waals surface area contributed by atoms with Crippen molar-refractivity contribution in [3.8, 4) is 0 Å². The van der Waals surface area contributed by atoms with Gasteiger partial charge in [0.1, 0.15) is 5.01 Å². The molecule has 1 heterocycles.